The summed E-state index contributed by atoms with van der Waals surface area (Å²) in [6.07, 6.45) is 8.12. The highest BCUT2D eigenvalue weighted by Crippen LogP contribution is 2.24. The molecule has 0 saturated carbocycles. The SMILES string of the molecule is CCCn1ccnc1-c1nccn1-c1ccc(C(=O)O)c(Cl)c1. The predicted molar refractivity (Wildman–Crippen MR) is 87.0 cm³/mol. The predicted octanol–water partition coefficient (Wildman–Crippen LogP) is 3.50. The van der Waals surface area contributed by atoms with Gasteiger partial charge in [-0.3, -0.25) is 4.57 Å². The highest BCUT2D eigenvalue weighted by molar-refractivity contribution is 6.33. The molecule has 0 fully saturated rings. The third-order valence-corrected chi connectivity index (χ3v) is 3.79. The van der Waals surface area contributed by atoms with Crippen LogP contribution in [-0.4, -0.2) is 30.2 Å². The van der Waals surface area contributed by atoms with Crippen molar-refractivity contribution in [2.45, 2.75) is 19.9 Å². The molecule has 0 amide bonds. The van der Waals surface area contributed by atoms with Crippen LogP contribution in [0.15, 0.2) is 43.0 Å². The van der Waals surface area contributed by atoms with Gasteiger partial charge in [-0.15, -0.1) is 0 Å². The highest BCUT2D eigenvalue weighted by atomic mass is 35.5. The first-order valence-corrected chi connectivity index (χ1v) is 7.57. The first-order chi connectivity index (χ1) is 11.1. The number of carboxylic acids is 1. The van der Waals surface area contributed by atoms with E-state index in [0.717, 1.165) is 24.5 Å². The molecule has 1 aromatic carbocycles. The number of benzene rings is 1. The molecule has 3 rings (SSSR count). The molecule has 0 aliphatic heterocycles. The van der Waals surface area contributed by atoms with Crippen LogP contribution >= 0.6 is 11.6 Å². The molecule has 0 atom stereocenters. The molecule has 6 nitrogen and oxygen atoms in total. The van der Waals surface area contributed by atoms with Crippen LogP contribution in [0.3, 0.4) is 0 Å². The van der Waals surface area contributed by atoms with Gasteiger partial charge in [0, 0.05) is 37.0 Å². The molecular formula is C16H15ClN4O2. The molecular weight excluding hydrogens is 316 g/mol. The lowest BCUT2D eigenvalue weighted by Gasteiger charge is -2.10. The molecule has 118 valence electrons. The van der Waals surface area contributed by atoms with Gasteiger partial charge in [-0.05, 0) is 24.6 Å². The maximum atomic E-state index is 11.1. The maximum absolute atomic E-state index is 11.1. The summed E-state index contributed by atoms with van der Waals surface area (Å²) < 4.78 is 3.87. The number of aryl methyl sites for hydroxylation is 1. The summed E-state index contributed by atoms with van der Waals surface area (Å²) in [5.41, 5.74) is 0.808. The summed E-state index contributed by atoms with van der Waals surface area (Å²) >= 11 is 6.06. The monoisotopic (exact) mass is 330 g/mol. The van der Waals surface area contributed by atoms with E-state index < -0.39 is 5.97 Å². The number of hydrogen-bond donors (Lipinski definition) is 1. The molecule has 23 heavy (non-hydrogen) atoms. The van der Waals surface area contributed by atoms with E-state index in [1.54, 1.807) is 30.7 Å². The Balaban J connectivity index is 2.06. The molecule has 0 saturated heterocycles. The molecule has 1 N–H and O–H groups in total. The Morgan fingerprint density at radius 1 is 1.22 bits per heavy atom. The van der Waals surface area contributed by atoms with Crippen LogP contribution in [-0.2, 0) is 6.54 Å². The zero-order chi connectivity index (χ0) is 16.4. The minimum Gasteiger partial charge on any atom is -0.478 e. The van der Waals surface area contributed by atoms with E-state index in [0.29, 0.717) is 5.82 Å². The minimum absolute atomic E-state index is 0.0737. The fourth-order valence-electron chi connectivity index (χ4n) is 2.44. The number of carbonyl (C=O) groups is 1. The molecule has 0 radical (unpaired) electrons. The summed E-state index contributed by atoms with van der Waals surface area (Å²) in [6.45, 7) is 2.95. The lowest BCUT2D eigenvalue weighted by atomic mass is 10.2. The zero-order valence-corrected chi connectivity index (χ0v) is 13.2. The lowest BCUT2D eigenvalue weighted by molar-refractivity contribution is 0.0697. The summed E-state index contributed by atoms with van der Waals surface area (Å²) in [5.74, 6) is 0.392. The van der Waals surface area contributed by atoms with Crippen LogP contribution in [0.2, 0.25) is 5.02 Å². The van der Waals surface area contributed by atoms with Crippen LogP contribution in [0.25, 0.3) is 17.3 Å². The normalized spacial score (nSPS) is 10.9. The van der Waals surface area contributed by atoms with Crippen molar-refractivity contribution in [3.05, 3.63) is 53.6 Å². The van der Waals surface area contributed by atoms with E-state index in [9.17, 15) is 4.79 Å². The van der Waals surface area contributed by atoms with Gasteiger partial charge < -0.3 is 9.67 Å². The number of hydrogen-bond acceptors (Lipinski definition) is 3. The van der Waals surface area contributed by atoms with Crippen molar-refractivity contribution in [2.24, 2.45) is 0 Å². The van der Waals surface area contributed by atoms with Crippen molar-refractivity contribution in [1.29, 1.82) is 0 Å². The van der Waals surface area contributed by atoms with Crippen molar-refractivity contribution in [3.8, 4) is 17.3 Å². The van der Waals surface area contributed by atoms with Crippen LogP contribution in [0.4, 0.5) is 0 Å². The number of halogens is 1. The second-order valence-corrected chi connectivity index (χ2v) is 5.44. The molecule has 0 aliphatic carbocycles. The van der Waals surface area contributed by atoms with E-state index in [2.05, 4.69) is 16.9 Å². The van der Waals surface area contributed by atoms with E-state index in [-0.39, 0.29) is 10.6 Å². The Bertz CT molecular complexity index is 853. The fourth-order valence-corrected chi connectivity index (χ4v) is 2.70. The first-order valence-electron chi connectivity index (χ1n) is 7.20. The molecule has 0 aliphatic rings. The van der Waals surface area contributed by atoms with Crippen molar-refractivity contribution < 1.29 is 9.90 Å². The van der Waals surface area contributed by atoms with E-state index in [1.165, 1.54) is 6.07 Å². The number of aromatic carboxylic acids is 1. The average Bonchev–Trinajstić information content (AvgIpc) is 3.15. The minimum atomic E-state index is -1.05. The van der Waals surface area contributed by atoms with Gasteiger partial charge in [-0.25, -0.2) is 14.8 Å². The number of rotatable bonds is 5. The van der Waals surface area contributed by atoms with Crippen LogP contribution in [0.5, 0.6) is 0 Å². The largest absolute Gasteiger partial charge is 0.478 e. The molecule has 7 heteroatoms. The second-order valence-electron chi connectivity index (χ2n) is 5.03. The van der Waals surface area contributed by atoms with Crippen molar-refractivity contribution in [3.63, 3.8) is 0 Å². The Morgan fingerprint density at radius 2 is 1.96 bits per heavy atom. The molecule has 0 spiro atoms. The van der Waals surface area contributed by atoms with E-state index in [1.807, 2.05) is 15.3 Å². The van der Waals surface area contributed by atoms with Gasteiger partial charge in [-0.1, -0.05) is 18.5 Å². The van der Waals surface area contributed by atoms with Gasteiger partial charge in [0.1, 0.15) is 0 Å². The van der Waals surface area contributed by atoms with Crippen molar-refractivity contribution in [1.82, 2.24) is 19.1 Å². The Kier molecular flexibility index (Phi) is 4.16. The lowest BCUT2D eigenvalue weighted by Crippen LogP contribution is -2.05. The quantitative estimate of drug-likeness (QED) is 0.777. The molecule has 0 unspecified atom stereocenters. The van der Waals surface area contributed by atoms with Gasteiger partial charge in [0.15, 0.2) is 11.6 Å². The van der Waals surface area contributed by atoms with E-state index in [4.69, 9.17) is 16.7 Å². The average molecular weight is 331 g/mol. The molecule has 2 heterocycles. The number of nitrogens with zero attached hydrogens (tertiary/aromatic N) is 4. The third-order valence-electron chi connectivity index (χ3n) is 3.48. The standard InChI is InChI=1S/C16H15ClN4O2/c1-2-7-20-8-5-18-14(20)15-19-6-9-21(15)11-3-4-12(16(22)23)13(17)10-11/h3-6,8-10H,2,7H2,1H3,(H,22,23). The van der Waals surface area contributed by atoms with Gasteiger partial charge in [0.25, 0.3) is 0 Å². The fraction of sp³-hybridized carbons (Fsp3) is 0.188. The zero-order valence-electron chi connectivity index (χ0n) is 12.5. The third kappa shape index (κ3) is 2.85. The molecule has 2 aromatic heterocycles. The van der Waals surface area contributed by atoms with Crippen molar-refractivity contribution >= 4 is 17.6 Å². The van der Waals surface area contributed by atoms with Crippen LogP contribution in [0.1, 0.15) is 23.7 Å². The van der Waals surface area contributed by atoms with Crippen molar-refractivity contribution in [2.75, 3.05) is 0 Å². The summed E-state index contributed by atoms with van der Waals surface area (Å²) in [7, 11) is 0. The number of imidazole rings is 2. The number of aromatic nitrogens is 4. The van der Waals surface area contributed by atoms with E-state index >= 15 is 0 Å². The first kappa shape index (κ1) is 15.3. The Labute approximate surface area is 138 Å². The number of carboxylic acid groups (broad SMARTS) is 1. The highest BCUT2D eigenvalue weighted by Gasteiger charge is 2.15. The molecule has 3 aromatic rings. The van der Waals surface area contributed by atoms with Crippen LogP contribution < -0.4 is 0 Å². The van der Waals surface area contributed by atoms with Crippen LogP contribution in [0, 0.1) is 0 Å². The maximum Gasteiger partial charge on any atom is 0.337 e. The smallest absolute Gasteiger partial charge is 0.337 e. The topological polar surface area (TPSA) is 72.9 Å². The Morgan fingerprint density at radius 3 is 2.65 bits per heavy atom. The second kappa shape index (κ2) is 6.26. The summed E-state index contributed by atoms with van der Waals surface area (Å²) in [5, 5.41) is 9.26. The van der Waals surface area contributed by atoms with Gasteiger partial charge in [0.2, 0.25) is 0 Å². The molecule has 0 bridgehead atoms. The Hall–Kier alpha value is -2.60. The summed E-state index contributed by atoms with van der Waals surface area (Å²) in [6, 6.07) is 4.80. The summed E-state index contributed by atoms with van der Waals surface area (Å²) in [4.78, 5) is 19.8. The van der Waals surface area contributed by atoms with Gasteiger partial charge >= 0.3 is 5.97 Å². The van der Waals surface area contributed by atoms with Gasteiger partial charge in [0.05, 0.1) is 10.6 Å². The van der Waals surface area contributed by atoms with Gasteiger partial charge in [-0.2, -0.15) is 0 Å².